The number of carbonyl (C=O) groups excluding carboxylic acids is 2. The van der Waals surface area contributed by atoms with Crippen LogP contribution in [0.25, 0.3) is 0 Å². The van der Waals surface area contributed by atoms with Gasteiger partial charge >= 0.3 is 0 Å². The Balaban J connectivity index is 1.95. The lowest BCUT2D eigenvalue weighted by Crippen LogP contribution is -2.55. The van der Waals surface area contributed by atoms with Crippen molar-refractivity contribution in [2.24, 2.45) is 11.3 Å². The minimum Gasteiger partial charge on any atom is -0.368 e. The molecule has 1 aliphatic rings. The van der Waals surface area contributed by atoms with Gasteiger partial charge in [-0.3, -0.25) is 9.59 Å². The van der Waals surface area contributed by atoms with Crippen LogP contribution >= 0.6 is 0 Å². The Bertz CT molecular complexity index is 617. The van der Waals surface area contributed by atoms with E-state index in [1.807, 2.05) is 18.7 Å². The van der Waals surface area contributed by atoms with Gasteiger partial charge in [-0.25, -0.2) is 0 Å². The van der Waals surface area contributed by atoms with Crippen molar-refractivity contribution in [3.8, 4) is 0 Å². The summed E-state index contributed by atoms with van der Waals surface area (Å²) >= 11 is 0. The van der Waals surface area contributed by atoms with E-state index in [1.165, 1.54) is 11.3 Å². The van der Waals surface area contributed by atoms with Crippen LogP contribution < -0.4 is 10.2 Å². The Kier molecular flexibility index (Phi) is 6.09. The average molecular weight is 345 g/mol. The molecule has 0 unspecified atom stereocenters. The molecule has 25 heavy (non-hydrogen) atoms. The van der Waals surface area contributed by atoms with E-state index in [-0.39, 0.29) is 11.8 Å². The lowest BCUT2D eigenvalue weighted by Gasteiger charge is -2.39. The highest BCUT2D eigenvalue weighted by Gasteiger charge is 2.39. The Labute approximate surface area is 151 Å². The second kappa shape index (κ2) is 7.89. The Hall–Kier alpha value is -2.04. The molecule has 5 heteroatoms. The van der Waals surface area contributed by atoms with E-state index in [0.717, 1.165) is 13.1 Å². The number of hydrogen-bond acceptors (Lipinski definition) is 3. The van der Waals surface area contributed by atoms with Crippen LogP contribution in [0.15, 0.2) is 24.3 Å². The summed E-state index contributed by atoms with van der Waals surface area (Å²) < 4.78 is 0. The highest BCUT2D eigenvalue weighted by Crippen LogP contribution is 2.23. The zero-order valence-electron chi connectivity index (χ0n) is 16.1. The molecule has 5 nitrogen and oxygen atoms in total. The van der Waals surface area contributed by atoms with Gasteiger partial charge in [-0.05, 0) is 44.4 Å². The molecule has 1 saturated heterocycles. The van der Waals surface area contributed by atoms with Crippen LogP contribution in [0.1, 0.15) is 33.3 Å². The van der Waals surface area contributed by atoms with E-state index < -0.39 is 5.41 Å². The number of carbonyl (C=O) groups is 2. The van der Waals surface area contributed by atoms with Gasteiger partial charge in [0.1, 0.15) is 5.41 Å². The van der Waals surface area contributed by atoms with Gasteiger partial charge in [0.25, 0.3) is 0 Å². The third-order valence-corrected chi connectivity index (χ3v) is 4.71. The van der Waals surface area contributed by atoms with E-state index in [1.54, 1.807) is 13.8 Å². The standard InChI is InChI=1S/C20H31N3O2/c1-15(2)14-21-18(24)20(4,5)19(25)23-11-9-22(10-12-23)17-8-6-7-16(3)13-17/h6-8,13,15H,9-12,14H2,1-5H3,(H,21,24). The normalized spacial score (nSPS) is 15.4. The zero-order chi connectivity index (χ0) is 18.6. The molecular formula is C20H31N3O2. The minimum atomic E-state index is -1.03. The average Bonchev–Trinajstić information content (AvgIpc) is 2.59. The maximum Gasteiger partial charge on any atom is 0.237 e. The number of hydrogen-bond donors (Lipinski definition) is 1. The van der Waals surface area contributed by atoms with Gasteiger partial charge in [-0.15, -0.1) is 0 Å². The summed E-state index contributed by atoms with van der Waals surface area (Å²) in [4.78, 5) is 29.4. The van der Waals surface area contributed by atoms with E-state index in [4.69, 9.17) is 0 Å². The third-order valence-electron chi connectivity index (χ3n) is 4.71. The predicted octanol–water partition coefficient (Wildman–Crippen LogP) is 2.44. The molecule has 1 heterocycles. The maximum absolute atomic E-state index is 12.8. The fraction of sp³-hybridized carbons (Fsp3) is 0.600. The minimum absolute atomic E-state index is 0.0855. The quantitative estimate of drug-likeness (QED) is 0.834. The lowest BCUT2D eigenvalue weighted by molar-refractivity contribution is -0.148. The molecule has 1 N–H and O–H groups in total. The predicted molar refractivity (Wildman–Crippen MR) is 102 cm³/mol. The zero-order valence-corrected chi connectivity index (χ0v) is 16.1. The molecule has 0 aromatic heterocycles. The van der Waals surface area contributed by atoms with Gasteiger partial charge in [-0.2, -0.15) is 0 Å². The molecule has 0 saturated carbocycles. The molecule has 0 aliphatic carbocycles. The topological polar surface area (TPSA) is 52.7 Å². The van der Waals surface area contributed by atoms with Crippen molar-refractivity contribution in [1.82, 2.24) is 10.2 Å². The van der Waals surface area contributed by atoms with Crippen molar-refractivity contribution >= 4 is 17.5 Å². The van der Waals surface area contributed by atoms with E-state index >= 15 is 0 Å². The van der Waals surface area contributed by atoms with Crippen molar-refractivity contribution in [3.63, 3.8) is 0 Å². The Morgan fingerprint density at radius 3 is 2.36 bits per heavy atom. The second-order valence-electron chi connectivity index (χ2n) is 7.85. The first kappa shape index (κ1) is 19.3. The third kappa shape index (κ3) is 4.74. The van der Waals surface area contributed by atoms with Gasteiger partial charge in [0.2, 0.25) is 11.8 Å². The number of nitrogens with one attached hydrogen (secondary N) is 1. The highest BCUT2D eigenvalue weighted by atomic mass is 16.2. The van der Waals surface area contributed by atoms with Crippen molar-refractivity contribution in [2.75, 3.05) is 37.6 Å². The highest BCUT2D eigenvalue weighted by molar-refractivity contribution is 6.04. The number of rotatable bonds is 5. The summed E-state index contributed by atoms with van der Waals surface area (Å²) in [6.45, 7) is 13.1. The van der Waals surface area contributed by atoms with Gasteiger partial charge in [0, 0.05) is 38.4 Å². The van der Waals surface area contributed by atoms with Crippen molar-refractivity contribution < 1.29 is 9.59 Å². The molecule has 0 radical (unpaired) electrons. The summed E-state index contributed by atoms with van der Waals surface area (Å²) in [6, 6.07) is 8.42. The fourth-order valence-corrected chi connectivity index (χ4v) is 3.00. The van der Waals surface area contributed by atoms with Crippen LogP contribution in [-0.2, 0) is 9.59 Å². The van der Waals surface area contributed by atoms with Crippen LogP contribution in [-0.4, -0.2) is 49.4 Å². The van der Waals surface area contributed by atoms with Crippen LogP contribution in [0.5, 0.6) is 0 Å². The molecule has 1 aliphatic heterocycles. The largest absolute Gasteiger partial charge is 0.368 e. The molecule has 138 valence electrons. The van der Waals surface area contributed by atoms with Crippen molar-refractivity contribution in [1.29, 1.82) is 0 Å². The summed E-state index contributed by atoms with van der Waals surface area (Å²) in [5, 5.41) is 2.89. The molecule has 1 aromatic rings. The van der Waals surface area contributed by atoms with Crippen molar-refractivity contribution in [2.45, 2.75) is 34.6 Å². The van der Waals surface area contributed by atoms with Gasteiger partial charge in [-0.1, -0.05) is 26.0 Å². The summed E-state index contributed by atoms with van der Waals surface area (Å²) in [5.74, 6) is 0.0951. The molecule has 1 fully saturated rings. The monoisotopic (exact) mass is 345 g/mol. The molecule has 2 amide bonds. The fourth-order valence-electron chi connectivity index (χ4n) is 3.00. The smallest absolute Gasteiger partial charge is 0.237 e. The van der Waals surface area contributed by atoms with Gasteiger partial charge in [0.05, 0.1) is 0 Å². The van der Waals surface area contributed by atoms with Crippen LogP contribution in [0.3, 0.4) is 0 Å². The Morgan fingerprint density at radius 2 is 1.80 bits per heavy atom. The summed E-state index contributed by atoms with van der Waals surface area (Å²) in [6.07, 6.45) is 0. The molecule has 0 atom stereocenters. The van der Waals surface area contributed by atoms with Gasteiger partial charge < -0.3 is 15.1 Å². The second-order valence-corrected chi connectivity index (χ2v) is 7.85. The first-order valence-corrected chi connectivity index (χ1v) is 9.11. The number of anilines is 1. The molecule has 2 rings (SSSR count). The number of benzene rings is 1. The maximum atomic E-state index is 12.8. The SMILES string of the molecule is Cc1cccc(N2CCN(C(=O)C(C)(C)C(=O)NCC(C)C)CC2)c1. The summed E-state index contributed by atoms with van der Waals surface area (Å²) in [5.41, 5.74) is 1.40. The van der Waals surface area contributed by atoms with Gasteiger partial charge in [0.15, 0.2) is 0 Å². The first-order valence-electron chi connectivity index (χ1n) is 9.11. The van der Waals surface area contributed by atoms with Crippen molar-refractivity contribution in [3.05, 3.63) is 29.8 Å². The Morgan fingerprint density at radius 1 is 1.16 bits per heavy atom. The number of amides is 2. The van der Waals surface area contributed by atoms with E-state index in [0.29, 0.717) is 25.6 Å². The summed E-state index contributed by atoms with van der Waals surface area (Å²) in [7, 11) is 0. The molecular weight excluding hydrogens is 314 g/mol. The lowest BCUT2D eigenvalue weighted by atomic mass is 9.89. The van der Waals surface area contributed by atoms with Crippen LogP contribution in [0.2, 0.25) is 0 Å². The van der Waals surface area contributed by atoms with Crippen LogP contribution in [0, 0.1) is 18.3 Å². The number of aryl methyl sites for hydroxylation is 1. The molecule has 1 aromatic carbocycles. The van der Waals surface area contributed by atoms with E-state index in [2.05, 4.69) is 41.4 Å². The number of piperazine rings is 1. The number of nitrogens with zero attached hydrogens (tertiary/aromatic N) is 2. The molecule has 0 spiro atoms. The molecule has 0 bridgehead atoms. The van der Waals surface area contributed by atoms with Crippen LogP contribution in [0.4, 0.5) is 5.69 Å². The first-order chi connectivity index (χ1) is 11.7. The van der Waals surface area contributed by atoms with E-state index in [9.17, 15) is 9.59 Å².